The molecule has 1 aromatic rings. The molecular formula is C20H26O5. The number of unbranched alkanes of at least 4 members (excludes halogenated alkanes) is 2. The molecule has 1 aromatic carbocycles. The van der Waals surface area contributed by atoms with Crippen LogP contribution in [0.25, 0.3) is 0 Å². The molecule has 0 aromatic heterocycles. The van der Waals surface area contributed by atoms with Gasteiger partial charge in [0.2, 0.25) is 0 Å². The van der Waals surface area contributed by atoms with Crippen LogP contribution in [0.15, 0.2) is 36.1 Å². The van der Waals surface area contributed by atoms with E-state index in [0.29, 0.717) is 12.8 Å². The number of aliphatic carboxylic acids is 1. The number of aryl methyl sites for hydroxylation is 1. The Hall–Kier alpha value is -2.43. The molecular weight excluding hydrogens is 320 g/mol. The average molecular weight is 346 g/mol. The lowest BCUT2D eigenvalue weighted by atomic mass is 9.75. The highest BCUT2D eigenvalue weighted by Gasteiger charge is 2.33. The Morgan fingerprint density at radius 2 is 1.84 bits per heavy atom. The average Bonchev–Trinajstić information content (AvgIpc) is 2.54. The van der Waals surface area contributed by atoms with E-state index in [1.54, 1.807) is 12.1 Å². The second-order valence-corrected chi connectivity index (χ2v) is 6.66. The number of carboxylic acid groups (broad SMARTS) is 1. The maximum atomic E-state index is 11.3. The molecule has 0 radical (unpaired) electrons. The number of aromatic hydroxyl groups is 2. The summed E-state index contributed by atoms with van der Waals surface area (Å²) in [5, 5.41) is 40.0. The number of aliphatic hydroxyl groups is 1. The standard InChI is InChI=1S/C20H26O5/c1-3-4-5-6-13-9-17(22)19(18(23)10-13)16-11-14(20(24)25)7-8-15(16)12(2)21/h9-11,15-16,21-23H,2-8H2,1H3,(H,24,25)/t15-,16?/m0/s1. The van der Waals surface area contributed by atoms with Crippen molar-refractivity contribution in [2.75, 3.05) is 0 Å². The molecule has 4 N–H and O–H groups in total. The third kappa shape index (κ3) is 4.35. The summed E-state index contributed by atoms with van der Waals surface area (Å²) in [7, 11) is 0. The molecule has 1 aliphatic carbocycles. The quantitative estimate of drug-likeness (QED) is 0.433. The summed E-state index contributed by atoms with van der Waals surface area (Å²) < 4.78 is 0. The SMILES string of the molecule is C=C(O)[C@@H]1CCC(C(=O)O)=CC1c1c(O)cc(CCCCC)cc1O. The monoisotopic (exact) mass is 346 g/mol. The minimum Gasteiger partial charge on any atom is -0.513 e. The molecule has 2 atom stereocenters. The Kier molecular flexibility index (Phi) is 6.12. The summed E-state index contributed by atoms with van der Waals surface area (Å²) >= 11 is 0. The first-order chi connectivity index (χ1) is 11.8. The van der Waals surface area contributed by atoms with Gasteiger partial charge in [0.25, 0.3) is 0 Å². The van der Waals surface area contributed by atoms with Crippen LogP contribution in [0.5, 0.6) is 11.5 Å². The summed E-state index contributed by atoms with van der Waals surface area (Å²) in [6.45, 7) is 5.67. The number of hydrogen-bond donors (Lipinski definition) is 4. The molecule has 2 rings (SSSR count). The molecule has 0 fully saturated rings. The van der Waals surface area contributed by atoms with E-state index in [9.17, 15) is 25.2 Å². The second kappa shape index (κ2) is 8.10. The van der Waals surface area contributed by atoms with Gasteiger partial charge in [-0.15, -0.1) is 0 Å². The highest BCUT2D eigenvalue weighted by Crippen LogP contribution is 2.46. The van der Waals surface area contributed by atoms with Crippen molar-refractivity contribution in [3.63, 3.8) is 0 Å². The van der Waals surface area contributed by atoms with Crippen molar-refractivity contribution in [1.29, 1.82) is 0 Å². The van der Waals surface area contributed by atoms with Crippen molar-refractivity contribution < 1.29 is 25.2 Å². The lowest BCUT2D eigenvalue weighted by molar-refractivity contribution is -0.133. The van der Waals surface area contributed by atoms with Crippen LogP contribution in [0.4, 0.5) is 0 Å². The molecule has 5 heteroatoms. The zero-order valence-electron chi connectivity index (χ0n) is 14.5. The summed E-state index contributed by atoms with van der Waals surface area (Å²) in [5.41, 5.74) is 1.30. The zero-order chi connectivity index (χ0) is 18.6. The molecule has 0 bridgehead atoms. The normalized spacial score (nSPS) is 20.1. The van der Waals surface area contributed by atoms with Crippen molar-refractivity contribution in [2.24, 2.45) is 5.92 Å². The van der Waals surface area contributed by atoms with Crippen LogP contribution in [0.3, 0.4) is 0 Å². The van der Waals surface area contributed by atoms with Gasteiger partial charge in [-0.3, -0.25) is 0 Å². The molecule has 5 nitrogen and oxygen atoms in total. The number of hydrogen-bond acceptors (Lipinski definition) is 4. The van der Waals surface area contributed by atoms with E-state index in [0.717, 1.165) is 31.2 Å². The number of rotatable bonds is 7. The topological polar surface area (TPSA) is 98.0 Å². The third-order valence-corrected chi connectivity index (χ3v) is 4.84. The lowest BCUT2D eigenvalue weighted by Crippen LogP contribution is -2.21. The summed E-state index contributed by atoms with van der Waals surface area (Å²) in [4.78, 5) is 11.3. The fourth-order valence-electron chi connectivity index (χ4n) is 3.49. The predicted octanol–water partition coefficient (Wildman–Crippen LogP) is 4.41. The number of phenolic OH excluding ortho intramolecular Hbond substituents is 2. The predicted molar refractivity (Wildman–Crippen MR) is 96.0 cm³/mol. The Bertz CT molecular complexity index is 666. The van der Waals surface area contributed by atoms with Crippen LogP contribution in [-0.4, -0.2) is 26.4 Å². The van der Waals surface area contributed by atoms with Crippen LogP contribution < -0.4 is 0 Å². The van der Waals surface area contributed by atoms with Gasteiger partial charge in [0.15, 0.2) is 0 Å². The fourth-order valence-corrected chi connectivity index (χ4v) is 3.49. The van der Waals surface area contributed by atoms with E-state index in [2.05, 4.69) is 13.5 Å². The van der Waals surface area contributed by atoms with Crippen molar-refractivity contribution >= 4 is 5.97 Å². The van der Waals surface area contributed by atoms with E-state index in [4.69, 9.17) is 0 Å². The van der Waals surface area contributed by atoms with Gasteiger partial charge in [-0.05, 0) is 43.4 Å². The third-order valence-electron chi connectivity index (χ3n) is 4.84. The molecule has 25 heavy (non-hydrogen) atoms. The molecule has 0 amide bonds. The van der Waals surface area contributed by atoms with Gasteiger partial charge in [0.1, 0.15) is 11.5 Å². The Balaban J connectivity index is 2.40. The van der Waals surface area contributed by atoms with Crippen LogP contribution >= 0.6 is 0 Å². The van der Waals surface area contributed by atoms with Crippen LogP contribution in [0.2, 0.25) is 0 Å². The first kappa shape index (κ1) is 18.9. The Morgan fingerprint density at radius 3 is 2.36 bits per heavy atom. The van der Waals surface area contributed by atoms with E-state index < -0.39 is 17.8 Å². The number of allylic oxidation sites excluding steroid dienone is 2. The molecule has 0 heterocycles. The van der Waals surface area contributed by atoms with E-state index in [1.807, 2.05) is 0 Å². The molecule has 136 valence electrons. The molecule has 1 aliphatic rings. The van der Waals surface area contributed by atoms with E-state index in [1.165, 1.54) is 6.08 Å². The van der Waals surface area contributed by atoms with Crippen LogP contribution in [-0.2, 0) is 11.2 Å². The van der Waals surface area contributed by atoms with Crippen LogP contribution in [0, 0.1) is 5.92 Å². The van der Waals surface area contributed by atoms with Gasteiger partial charge in [0.05, 0.1) is 5.76 Å². The fraction of sp³-hybridized carbons (Fsp3) is 0.450. The maximum absolute atomic E-state index is 11.3. The lowest BCUT2D eigenvalue weighted by Gasteiger charge is -2.30. The minimum atomic E-state index is -1.03. The summed E-state index contributed by atoms with van der Waals surface area (Å²) in [6, 6.07) is 3.23. The molecule has 0 spiro atoms. The van der Waals surface area contributed by atoms with Gasteiger partial charge in [-0.2, -0.15) is 0 Å². The van der Waals surface area contributed by atoms with Gasteiger partial charge >= 0.3 is 5.97 Å². The Morgan fingerprint density at radius 1 is 1.20 bits per heavy atom. The summed E-state index contributed by atoms with van der Waals surface area (Å²) in [5.74, 6) is -2.32. The first-order valence-corrected chi connectivity index (χ1v) is 8.71. The van der Waals surface area contributed by atoms with E-state index in [-0.39, 0.29) is 28.4 Å². The number of phenols is 2. The van der Waals surface area contributed by atoms with Crippen molar-refractivity contribution in [3.05, 3.63) is 47.2 Å². The Labute approximate surface area is 147 Å². The van der Waals surface area contributed by atoms with Crippen molar-refractivity contribution in [3.8, 4) is 11.5 Å². The summed E-state index contributed by atoms with van der Waals surface area (Å²) in [6.07, 6.45) is 6.10. The largest absolute Gasteiger partial charge is 0.513 e. The number of aliphatic hydroxyl groups excluding tert-OH is 1. The number of benzene rings is 1. The van der Waals surface area contributed by atoms with Gasteiger partial charge in [0, 0.05) is 23.0 Å². The maximum Gasteiger partial charge on any atom is 0.331 e. The second-order valence-electron chi connectivity index (χ2n) is 6.66. The molecule has 1 unspecified atom stereocenters. The van der Waals surface area contributed by atoms with Crippen LogP contribution in [0.1, 0.15) is 56.1 Å². The highest BCUT2D eigenvalue weighted by molar-refractivity contribution is 5.87. The highest BCUT2D eigenvalue weighted by atomic mass is 16.4. The minimum absolute atomic E-state index is 0.0727. The van der Waals surface area contributed by atoms with E-state index >= 15 is 0 Å². The van der Waals surface area contributed by atoms with Gasteiger partial charge in [-0.25, -0.2) is 4.79 Å². The molecule has 0 saturated heterocycles. The first-order valence-electron chi connectivity index (χ1n) is 8.71. The van der Waals surface area contributed by atoms with Gasteiger partial charge in [-0.1, -0.05) is 32.4 Å². The molecule has 0 aliphatic heterocycles. The van der Waals surface area contributed by atoms with Crippen molar-refractivity contribution in [1.82, 2.24) is 0 Å². The van der Waals surface area contributed by atoms with Gasteiger partial charge < -0.3 is 20.4 Å². The molecule has 0 saturated carbocycles. The zero-order valence-corrected chi connectivity index (χ0v) is 14.5. The number of carboxylic acids is 1. The van der Waals surface area contributed by atoms with Crippen molar-refractivity contribution in [2.45, 2.75) is 51.4 Å². The smallest absolute Gasteiger partial charge is 0.331 e. The number of carbonyl (C=O) groups is 1.